The first-order chi connectivity index (χ1) is 13.4. The smallest absolute Gasteiger partial charge is 0.208 e. The summed E-state index contributed by atoms with van der Waals surface area (Å²) in [6.45, 7) is 0. The van der Waals surface area contributed by atoms with Gasteiger partial charge in [0.2, 0.25) is 9.84 Å². The highest BCUT2D eigenvalue weighted by Gasteiger charge is 2.55. The van der Waals surface area contributed by atoms with Crippen molar-refractivity contribution in [2.75, 3.05) is 0 Å². The molecule has 144 valence electrons. The van der Waals surface area contributed by atoms with E-state index >= 15 is 0 Å². The maximum absolute atomic E-state index is 13.5. The minimum atomic E-state index is -3.94. The van der Waals surface area contributed by atoms with Crippen molar-refractivity contribution in [1.82, 2.24) is 0 Å². The highest BCUT2D eigenvalue weighted by Crippen LogP contribution is 2.44. The van der Waals surface area contributed by atoms with Crippen molar-refractivity contribution in [1.29, 1.82) is 0 Å². The minimum Gasteiger partial charge on any atom is -0.456 e. The summed E-state index contributed by atoms with van der Waals surface area (Å²) >= 11 is 5.89. The lowest BCUT2D eigenvalue weighted by Crippen LogP contribution is -2.43. The monoisotopic (exact) mass is 415 g/mol. The molecule has 0 aromatic heterocycles. The topological polar surface area (TPSA) is 72.8 Å². The standard InChI is InChI=1S/C21H18ClNO4S/c22-15-9-11-16(12-10-15)27-17-13-21(23-14-17,19-7-4-8-20(19)24)28(25,26)18-5-2-1-3-6-18/h1-3,5-6,9-14,19H,4,7-8H2. The van der Waals surface area contributed by atoms with Gasteiger partial charge in [-0.05, 0) is 49.2 Å². The maximum atomic E-state index is 13.5. The van der Waals surface area contributed by atoms with Crippen LogP contribution in [0.2, 0.25) is 5.02 Å². The number of Topliss-reactive ketones (excluding diaryl/α,β-unsaturated/α-hetero) is 1. The number of aliphatic imine (C=N–C) groups is 1. The number of rotatable bonds is 5. The number of allylic oxidation sites excluding steroid dienone is 1. The first kappa shape index (κ1) is 18.9. The Hall–Kier alpha value is -2.44. The quantitative estimate of drug-likeness (QED) is 0.732. The Morgan fingerprint density at radius 3 is 2.43 bits per heavy atom. The van der Waals surface area contributed by atoms with Crippen LogP contribution in [0.1, 0.15) is 19.3 Å². The molecule has 2 unspecified atom stereocenters. The van der Waals surface area contributed by atoms with Crippen LogP contribution < -0.4 is 4.74 Å². The van der Waals surface area contributed by atoms with Gasteiger partial charge in [0.05, 0.1) is 17.0 Å². The van der Waals surface area contributed by atoms with E-state index in [0.29, 0.717) is 35.8 Å². The number of hydrogen-bond donors (Lipinski definition) is 0. The Morgan fingerprint density at radius 2 is 1.79 bits per heavy atom. The molecular formula is C21H18ClNO4S. The lowest BCUT2D eigenvalue weighted by atomic mass is 9.97. The molecule has 0 N–H and O–H groups in total. The van der Waals surface area contributed by atoms with Crippen LogP contribution in [0, 0.1) is 5.92 Å². The molecule has 2 aromatic carbocycles. The van der Waals surface area contributed by atoms with Crippen LogP contribution in [0.5, 0.6) is 5.75 Å². The van der Waals surface area contributed by atoms with E-state index in [0.717, 1.165) is 0 Å². The molecule has 5 nitrogen and oxygen atoms in total. The first-order valence-electron chi connectivity index (χ1n) is 8.96. The van der Waals surface area contributed by atoms with E-state index in [1.165, 1.54) is 24.4 Å². The van der Waals surface area contributed by atoms with E-state index in [1.807, 2.05) is 0 Å². The molecule has 4 rings (SSSR count). The van der Waals surface area contributed by atoms with E-state index in [-0.39, 0.29) is 10.7 Å². The summed E-state index contributed by atoms with van der Waals surface area (Å²) in [5.74, 6) is -0.00444. The molecule has 2 aliphatic rings. The Morgan fingerprint density at radius 1 is 1.07 bits per heavy atom. The minimum absolute atomic E-state index is 0.0827. The van der Waals surface area contributed by atoms with Crippen molar-refractivity contribution < 1.29 is 17.9 Å². The fourth-order valence-corrected chi connectivity index (χ4v) is 5.81. The average molecular weight is 416 g/mol. The summed E-state index contributed by atoms with van der Waals surface area (Å²) < 4.78 is 32.9. The summed E-state index contributed by atoms with van der Waals surface area (Å²) in [5, 5.41) is 0.568. The summed E-state index contributed by atoms with van der Waals surface area (Å²) in [5.41, 5.74) is 0. The molecule has 28 heavy (non-hydrogen) atoms. The molecule has 1 fully saturated rings. The van der Waals surface area contributed by atoms with Gasteiger partial charge in [-0.1, -0.05) is 29.8 Å². The van der Waals surface area contributed by atoms with E-state index in [9.17, 15) is 13.2 Å². The molecule has 2 atom stereocenters. The van der Waals surface area contributed by atoms with Gasteiger partial charge in [-0.3, -0.25) is 9.79 Å². The third kappa shape index (κ3) is 3.16. The maximum Gasteiger partial charge on any atom is 0.208 e. The Bertz CT molecular complexity index is 1060. The molecule has 1 heterocycles. The van der Waals surface area contributed by atoms with Crippen molar-refractivity contribution >= 4 is 33.4 Å². The first-order valence-corrected chi connectivity index (χ1v) is 10.8. The van der Waals surface area contributed by atoms with Gasteiger partial charge >= 0.3 is 0 Å². The van der Waals surface area contributed by atoms with Gasteiger partial charge in [0, 0.05) is 17.5 Å². The Labute approximate surface area is 168 Å². The molecule has 0 amide bonds. The average Bonchev–Trinajstić information content (AvgIpc) is 3.31. The molecule has 1 saturated carbocycles. The second kappa shape index (κ2) is 7.18. The Balaban J connectivity index is 1.77. The number of nitrogens with zero attached hydrogens (tertiary/aromatic N) is 1. The summed E-state index contributed by atoms with van der Waals surface area (Å²) in [6.07, 6.45) is 4.37. The zero-order chi connectivity index (χ0) is 19.8. The molecule has 1 aliphatic carbocycles. The van der Waals surface area contributed by atoms with E-state index in [1.54, 1.807) is 42.5 Å². The lowest BCUT2D eigenvalue weighted by molar-refractivity contribution is -0.121. The molecule has 2 aromatic rings. The van der Waals surface area contributed by atoms with Crippen molar-refractivity contribution in [2.24, 2.45) is 10.9 Å². The molecule has 0 saturated heterocycles. The highest BCUT2D eigenvalue weighted by atomic mass is 35.5. The fourth-order valence-electron chi connectivity index (χ4n) is 3.70. The van der Waals surface area contributed by atoms with Crippen molar-refractivity contribution in [3.05, 3.63) is 71.5 Å². The van der Waals surface area contributed by atoms with Crippen LogP contribution >= 0.6 is 11.6 Å². The summed E-state index contributed by atoms with van der Waals surface area (Å²) in [4.78, 5) is 15.3. The van der Waals surface area contributed by atoms with Crippen LogP contribution in [0.4, 0.5) is 0 Å². The predicted molar refractivity (Wildman–Crippen MR) is 107 cm³/mol. The van der Waals surface area contributed by atoms with Gasteiger partial charge in [-0.15, -0.1) is 0 Å². The number of benzene rings is 2. The summed E-state index contributed by atoms with van der Waals surface area (Å²) in [6, 6.07) is 14.8. The van der Waals surface area contributed by atoms with E-state index in [4.69, 9.17) is 16.3 Å². The largest absolute Gasteiger partial charge is 0.456 e. The molecular weight excluding hydrogens is 398 g/mol. The number of ether oxygens (including phenoxy) is 1. The number of ketones is 1. The number of carbonyl (C=O) groups excluding carboxylic acids is 1. The van der Waals surface area contributed by atoms with E-state index in [2.05, 4.69) is 4.99 Å². The highest BCUT2D eigenvalue weighted by molar-refractivity contribution is 7.93. The second-order valence-corrected chi connectivity index (χ2v) is 9.41. The number of halogens is 1. The molecule has 7 heteroatoms. The van der Waals surface area contributed by atoms with Crippen molar-refractivity contribution in [3.63, 3.8) is 0 Å². The van der Waals surface area contributed by atoms with Crippen molar-refractivity contribution in [2.45, 2.75) is 29.0 Å². The normalized spacial score (nSPS) is 24.4. The van der Waals surface area contributed by atoms with Crippen LogP contribution in [0.15, 0.2) is 76.3 Å². The Kier molecular flexibility index (Phi) is 4.85. The zero-order valence-corrected chi connectivity index (χ0v) is 16.5. The van der Waals surface area contributed by atoms with Gasteiger partial charge in [-0.25, -0.2) is 8.42 Å². The number of carbonyl (C=O) groups is 1. The van der Waals surface area contributed by atoms with Crippen LogP contribution in [0.3, 0.4) is 0 Å². The predicted octanol–water partition coefficient (Wildman–Crippen LogP) is 4.23. The molecule has 0 bridgehead atoms. The lowest BCUT2D eigenvalue weighted by Gasteiger charge is -2.29. The summed E-state index contributed by atoms with van der Waals surface area (Å²) in [7, 11) is -3.94. The number of hydrogen-bond acceptors (Lipinski definition) is 5. The zero-order valence-electron chi connectivity index (χ0n) is 14.9. The van der Waals surface area contributed by atoms with E-state index < -0.39 is 20.6 Å². The van der Waals surface area contributed by atoms with Crippen LogP contribution in [-0.2, 0) is 14.6 Å². The van der Waals surface area contributed by atoms with Crippen LogP contribution in [0.25, 0.3) is 0 Å². The third-order valence-electron chi connectivity index (χ3n) is 5.08. The van der Waals surface area contributed by atoms with Gasteiger partial charge in [-0.2, -0.15) is 0 Å². The molecule has 0 spiro atoms. The van der Waals surface area contributed by atoms with Crippen molar-refractivity contribution in [3.8, 4) is 5.75 Å². The molecule has 0 radical (unpaired) electrons. The SMILES string of the molecule is O=C1CCCC1C1(S(=O)(=O)c2ccccc2)C=C(Oc2ccc(Cl)cc2)C=N1. The van der Waals surface area contributed by atoms with Gasteiger partial charge < -0.3 is 4.74 Å². The third-order valence-corrected chi connectivity index (χ3v) is 7.59. The van der Waals surface area contributed by atoms with Gasteiger partial charge in [0.1, 0.15) is 17.3 Å². The second-order valence-electron chi connectivity index (χ2n) is 6.84. The fraction of sp³-hybridized carbons (Fsp3) is 0.238. The van der Waals surface area contributed by atoms with Gasteiger partial charge in [0.25, 0.3) is 0 Å². The van der Waals surface area contributed by atoms with Crippen LogP contribution in [-0.4, -0.2) is 25.3 Å². The van der Waals surface area contributed by atoms with Gasteiger partial charge in [0.15, 0.2) is 4.87 Å². The number of sulfone groups is 1. The molecule has 1 aliphatic heterocycles.